The molecule has 0 spiro atoms. The fourth-order valence-electron chi connectivity index (χ4n) is 2.12. The Morgan fingerprint density at radius 3 is 3.06 bits per heavy atom. The summed E-state index contributed by atoms with van der Waals surface area (Å²) in [6.45, 7) is 6.71. The van der Waals surface area contributed by atoms with Crippen molar-refractivity contribution in [3.8, 4) is 0 Å². The number of ether oxygens (including phenoxy) is 1. The van der Waals surface area contributed by atoms with Gasteiger partial charge in [-0.3, -0.25) is 0 Å². The molecule has 0 aliphatic carbocycles. The average Bonchev–Trinajstić information content (AvgIpc) is 2.38. The van der Waals surface area contributed by atoms with Crippen LogP contribution in [0, 0.1) is 5.92 Å². The number of hydrogen-bond donors (Lipinski definition) is 2. The molecule has 100 valence electrons. The maximum Gasteiger partial charge on any atom is 0.143 e. The third-order valence-electron chi connectivity index (χ3n) is 3.23. The van der Waals surface area contributed by atoms with Crippen LogP contribution in [-0.4, -0.2) is 48.8 Å². The molecule has 5 heteroatoms. The van der Waals surface area contributed by atoms with E-state index in [4.69, 9.17) is 15.7 Å². The van der Waals surface area contributed by atoms with Crippen molar-refractivity contribution in [3.63, 3.8) is 0 Å². The Morgan fingerprint density at radius 1 is 1.53 bits per heavy atom. The van der Waals surface area contributed by atoms with Gasteiger partial charge in [0.25, 0.3) is 0 Å². The summed E-state index contributed by atoms with van der Waals surface area (Å²) in [5, 5.41) is 11.8. The summed E-state index contributed by atoms with van der Waals surface area (Å²) >= 11 is 0. The van der Waals surface area contributed by atoms with Gasteiger partial charge in [-0.15, -0.1) is 0 Å². The van der Waals surface area contributed by atoms with E-state index < -0.39 is 0 Å². The van der Waals surface area contributed by atoms with E-state index in [0.717, 1.165) is 52.1 Å². The summed E-state index contributed by atoms with van der Waals surface area (Å²) in [6.07, 6.45) is 4.43. The summed E-state index contributed by atoms with van der Waals surface area (Å²) in [5.74, 6) is 0.561. The Morgan fingerprint density at radius 2 is 2.35 bits per heavy atom. The highest BCUT2D eigenvalue weighted by Crippen LogP contribution is 2.16. The topological polar surface area (TPSA) is 71.1 Å². The van der Waals surface area contributed by atoms with Gasteiger partial charge in [-0.2, -0.15) is 0 Å². The van der Waals surface area contributed by atoms with Gasteiger partial charge in [0, 0.05) is 25.6 Å². The molecule has 3 N–H and O–H groups in total. The summed E-state index contributed by atoms with van der Waals surface area (Å²) in [4.78, 5) is 2.33. The lowest BCUT2D eigenvalue weighted by atomic mass is 9.97. The van der Waals surface area contributed by atoms with Crippen LogP contribution < -0.4 is 5.73 Å². The first-order chi connectivity index (χ1) is 8.27. The molecule has 1 unspecified atom stereocenters. The molecule has 0 saturated carbocycles. The molecule has 5 nitrogen and oxygen atoms in total. The molecule has 1 aliphatic heterocycles. The van der Waals surface area contributed by atoms with Crippen LogP contribution >= 0.6 is 0 Å². The Balaban J connectivity index is 2.16. The van der Waals surface area contributed by atoms with Crippen molar-refractivity contribution < 1.29 is 9.94 Å². The minimum absolute atomic E-state index is 0.199. The van der Waals surface area contributed by atoms with E-state index in [0.29, 0.717) is 5.84 Å². The lowest BCUT2D eigenvalue weighted by Gasteiger charge is -2.31. The van der Waals surface area contributed by atoms with Crippen LogP contribution in [0.5, 0.6) is 0 Å². The lowest BCUT2D eigenvalue weighted by Crippen LogP contribution is -2.42. The number of nitrogens with two attached hydrogens (primary N) is 1. The summed E-state index contributed by atoms with van der Waals surface area (Å²) in [7, 11) is 0. The molecule has 1 heterocycles. The molecule has 0 bridgehead atoms. The van der Waals surface area contributed by atoms with Gasteiger partial charge in [0.2, 0.25) is 0 Å². The molecular weight excluding hydrogens is 218 g/mol. The van der Waals surface area contributed by atoms with E-state index in [-0.39, 0.29) is 5.92 Å². The molecule has 1 rings (SSSR count). The third-order valence-corrected chi connectivity index (χ3v) is 3.23. The van der Waals surface area contributed by atoms with E-state index in [1.807, 2.05) is 0 Å². The first kappa shape index (κ1) is 14.3. The zero-order valence-electron chi connectivity index (χ0n) is 10.8. The number of unbranched alkanes of at least 4 members (excludes halogenated alkanes) is 1. The molecule has 0 aromatic rings. The second-order valence-electron chi connectivity index (χ2n) is 4.63. The van der Waals surface area contributed by atoms with Crippen molar-refractivity contribution in [1.29, 1.82) is 0 Å². The van der Waals surface area contributed by atoms with Crippen molar-refractivity contribution in [2.24, 2.45) is 16.8 Å². The predicted octanol–water partition coefficient (Wildman–Crippen LogP) is 1.26. The quantitative estimate of drug-likeness (QED) is 0.232. The van der Waals surface area contributed by atoms with Gasteiger partial charge in [0.15, 0.2) is 0 Å². The maximum atomic E-state index is 8.67. The van der Waals surface area contributed by atoms with E-state index >= 15 is 0 Å². The molecule has 0 aromatic heterocycles. The van der Waals surface area contributed by atoms with Crippen molar-refractivity contribution in [2.75, 3.05) is 32.8 Å². The predicted molar refractivity (Wildman–Crippen MR) is 68.3 cm³/mol. The van der Waals surface area contributed by atoms with Gasteiger partial charge in [-0.25, -0.2) is 0 Å². The molecule has 1 saturated heterocycles. The largest absolute Gasteiger partial charge is 0.409 e. The smallest absolute Gasteiger partial charge is 0.143 e. The highest BCUT2D eigenvalue weighted by Gasteiger charge is 2.22. The van der Waals surface area contributed by atoms with Gasteiger partial charge in [-0.1, -0.05) is 18.5 Å². The van der Waals surface area contributed by atoms with Gasteiger partial charge < -0.3 is 20.6 Å². The van der Waals surface area contributed by atoms with Crippen LogP contribution in [0.25, 0.3) is 0 Å². The molecule has 17 heavy (non-hydrogen) atoms. The summed E-state index contributed by atoms with van der Waals surface area (Å²) in [5.41, 5.74) is 5.65. The van der Waals surface area contributed by atoms with E-state index in [2.05, 4.69) is 17.0 Å². The van der Waals surface area contributed by atoms with Crippen LogP contribution in [0.3, 0.4) is 0 Å². The molecule has 1 fully saturated rings. The first-order valence-corrected chi connectivity index (χ1v) is 6.55. The molecule has 1 atom stereocenters. The van der Waals surface area contributed by atoms with Crippen molar-refractivity contribution in [2.45, 2.75) is 32.6 Å². The standard InChI is InChI=1S/C12H25N3O2/c1-2-3-8-17-9-7-15-6-4-5-11(10-15)12(13)14-16/h11,16H,2-10H2,1H3,(H2,13,14). The number of nitrogens with zero attached hydrogens (tertiary/aromatic N) is 2. The minimum Gasteiger partial charge on any atom is -0.409 e. The highest BCUT2D eigenvalue weighted by molar-refractivity contribution is 5.82. The number of piperidine rings is 1. The van der Waals surface area contributed by atoms with E-state index in [1.165, 1.54) is 6.42 Å². The Hall–Kier alpha value is -0.810. The monoisotopic (exact) mass is 243 g/mol. The van der Waals surface area contributed by atoms with Crippen LogP contribution in [0.15, 0.2) is 5.16 Å². The second kappa shape index (κ2) is 8.31. The average molecular weight is 243 g/mol. The van der Waals surface area contributed by atoms with Crippen LogP contribution in [0.1, 0.15) is 32.6 Å². The molecule has 0 radical (unpaired) electrons. The van der Waals surface area contributed by atoms with Crippen molar-refractivity contribution in [3.05, 3.63) is 0 Å². The van der Waals surface area contributed by atoms with Crippen LogP contribution in [0.4, 0.5) is 0 Å². The van der Waals surface area contributed by atoms with Crippen LogP contribution in [0.2, 0.25) is 0 Å². The number of amidine groups is 1. The first-order valence-electron chi connectivity index (χ1n) is 6.55. The zero-order valence-corrected chi connectivity index (χ0v) is 10.8. The Bertz CT molecular complexity index is 234. The fourth-order valence-corrected chi connectivity index (χ4v) is 2.12. The lowest BCUT2D eigenvalue weighted by molar-refractivity contribution is 0.0896. The normalized spacial score (nSPS) is 22.9. The van der Waals surface area contributed by atoms with Crippen LogP contribution in [-0.2, 0) is 4.74 Å². The van der Waals surface area contributed by atoms with Gasteiger partial charge in [0.05, 0.1) is 6.61 Å². The van der Waals surface area contributed by atoms with Gasteiger partial charge in [-0.05, 0) is 25.8 Å². The Kier molecular flexibility index (Phi) is 6.96. The zero-order chi connectivity index (χ0) is 12.5. The number of oxime groups is 1. The van der Waals surface area contributed by atoms with Crippen molar-refractivity contribution in [1.82, 2.24) is 4.90 Å². The second-order valence-corrected chi connectivity index (χ2v) is 4.63. The van der Waals surface area contributed by atoms with Crippen molar-refractivity contribution >= 4 is 5.84 Å². The number of likely N-dealkylation sites (tertiary alicyclic amines) is 1. The Labute approximate surface area is 104 Å². The van der Waals surface area contributed by atoms with Gasteiger partial charge in [0.1, 0.15) is 5.84 Å². The molecular formula is C12H25N3O2. The fraction of sp³-hybridized carbons (Fsp3) is 0.917. The maximum absolute atomic E-state index is 8.67. The van der Waals surface area contributed by atoms with Gasteiger partial charge >= 0.3 is 0 Å². The molecule has 0 aromatic carbocycles. The summed E-state index contributed by atoms with van der Waals surface area (Å²) in [6, 6.07) is 0. The highest BCUT2D eigenvalue weighted by atomic mass is 16.5. The number of rotatable bonds is 7. The molecule has 1 aliphatic rings. The van der Waals surface area contributed by atoms with E-state index in [9.17, 15) is 0 Å². The minimum atomic E-state index is 0.199. The number of hydrogen-bond acceptors (Lipinski definition) is 4. The molecule has 0 amide bonds. The third kappa shape index (κ3) is 5.37. The SMILES string of the molecule is CCCCOCCN1CCCC(C(N)=NO)C1. The van der Waals surface area contributed by atoms with E-state index in [1.54, 1.807) is 0 Å². The summed E-state index contributed by atoms with van der Waals surface area (Å²) < 4.78 is 5.55.